The van der Waals surface area contributed by atoms with Gasteiger partial charge in [0.25, 0.3) is 0 Å². The Balaban J connectivity index is 1.99. The lowest BCUT2D eigenvalue weighted by molar-refractivity contribution is 0.288. The first-order valence-electron chi connectivity index (χ1n) is 8.06. The lowest BCUT2D eigenvalue weighted by Gasteiger charge is -2.11. The van der Waals surface area contributed by atoms with E-state index in [1.807, 2.05) is 56.3 Å². The second kappa shape index (κ2) is 9.45. The Morgan fingerprint density at radius 3 is 2.46 bits per heavy atom. The molecule has 0 radical (unpaired) electrons. The summed E-state index contributed by atoms with van der Waals surface area (Å²) in [4.78, 5) is 0. The fraction of sp³-hybridized carbons (Fsp3) is 0.316. The number of hydrogen-bond donors (Lipinski definition) is 1. The van der Waals surface area contributed by atoms with Crippen molar-refractivity contribution in [1.29, 1.82) is 0 Å². The number of methoxy groups -OCH3 is 1. The monoisotopic (exact) mass is 328 g/mol. The standard InChI is InChI=1S/C19H24N2O3/c1-4-23-18-11-10-15(12-19(18)24-5-2)13-20-21-14-16-8-6-7-9-17(16)22-3/h6-13,21H,4-5,14H2,1-3H3/b20-13+. The van der Waals surface area contributed by atoms with Gasteiger partial charge in [0.05, 0.1) is 33.1 Å². The molecule has 2 rings (SSSR count). The van der Waals surface area contributed by atoms with Crippen molar-refractivity contribution in [2.75, 3.05) is 20.3 Å². The summed E-state index contributed by atoms with van der Waals surface area (Å²) in [7, 11) is 1.66. The van der Waals surface area contributed by atoms with Crippen LogP contribution in [0.2, 0.25) is 0 Å². The van der Waals surface area contributed by atoms with E-state index in [2.05, 4.69) is 10.5 Å². The highest BCUT2D eigenvalue weighted by Crippen LogP contribution is 2.28. The highest BCUT2D eigenvalue weighted by atomic mass is 16.5. The van der Waals surface area contributed by atoms with Gasteiger partial charge < -0.3 is 19.6 Å². The molecule has 0 fully saturated rings. The fourth-order valence-electron chi connectivity index (χ4n) is 2.25. The van der Waals surface area contributed by atoms with Crippen LogP contribution in [0.4, 0.5) is 0 Å². The molecule has 2 aromatic rings. The van der Waals surface area contributed by atoms with Gasteiger partial charge in [0.2, 0.25) is 0 Å². The van der Waals surface area contributed by atoms with Gasteiger partial charge in [-0.1, -0.05) is 18.2 Å². The molecule has 0 spiro atoms. The van der Waals surface area contributed by atoms with Crippen LogP contribution in [0.1, 0.15) is 25.0 Å². The molecule has 0 aliphatic heterocycles. The Bertz CT molecular complexity index is 671. The highest BCUT2D eigenvalue weighted by Gasteiger charge is 2.05. The Labute approximate surface area is 143 Å². The van der Waals surface area contributed by atoms with Crippen molar-refractivity contribution in [3.05, 3.63) is 53.6 Å². The van der Waals surface area contributed by atoms with E-state index in [4.69, 9.17) is 14.2 Å². The van der Waals surface area contributed by atoms with Gasteiger partial charge >= 0.3 is 0 Å². The van der Waals surface area contributed by atoms with Crippen molar-refractivity contribution in [3.8, 4) is 17.2 Å². The summed E-state index contributed by atoms with van der Waals surface area (Å²) in [6.45, 7) is 5.69. The maximum absolute atomic E-state index is 5.61. The van der Waals surface area contributed by atoms with Crippen molar-refractivity contribution < 1.29 is 14.2 Å². The summed E-state index contributed by atoms with van der Waals surface area (Å²) >= 11 is 0. The van der Waals surface area contributed by atoms with E-state index in [0.717, 1.165) is 28.4 Å². The Morgan fingerprint density at radius 2 is 1.71 bits per heavy atom. The summed E-state index contributed by atoms with van der Waals surface area (Å²) in [5.41, 5.74) is 5.03. The first-order valence-corrected chi connectivity index (χ1v) is 8.06. The lowest BCUT2D eigenvalue weighted by atomic mass is 10.2. The molecule has 0 heterocycles. The van der Waals surface area contributed by atoms with E-state index in [-0.39, 0.29) is 0 Å². The first kappa shape index (κ1) is 17.7. The number of nitrogens with one attached hydrogen (secondary N) is 1. The summed E-state index contributed by atoms with van der Waals surface area (Å²) in [5.74, 6) is 2.33. The van der Waals surface area contributed by atoms with Crippen LogP contribution in [0.5, 0.6) is 17.2 Å². The fourth-order valence-corrected chi connectivity index (χ4v) is 2.25. The zero-order valence-electron chi connectivity index (χ0n) is 14.4. The molecule has 0 bridgehead atoms. The van der Waals surface area contributed by atoms with Crippen molar-refractivity contribution >= 4 is 6.21 Å². The molecule has 2 aromatic carbocycles. The van der Waals surface area contributed by atoms with Gasteiger partial charge in [0, 0.05) is 5.56 Å². The van der Waals surface area contributed by atoms with E-state index in [1.165, 1.54) is 0 Å². The molecule has 5 nitrogen and oxygen atoms in total. The second-order valence-corrected chi connectivity index (χ2v) is 4.98. The zero-order chi connectivity index (χ0) is 17.2. The largest absolute Gasteiger partial charge is 0.496 e. The average Bonchev–Trinajstić information content (AvgIpc) is 2.61. The molecule has 0 saturated heterocycles. The Hall–Kier alpha value is -2.69. The SMILES string of the molecule is CCOc1ccc(/C=N/NCc2ccccc2OC)cc1OCC. The number of para-hydroxylation sites is 1. The van der Waals surface area contributed by atoms with Crippen molar-refractivity contribution in [2.24, 2.45) is 5.10 Å². The topological polar surface area (TPSA) is 52.1 Å². The average molecular weight is 328 g/mol. The minimum absolute atomic E-state index is 0.590. The van der Waals surface area contributed by atoms with Gasteiger partial charge in [-0.25, -0.2) is 0 Å². The normalized spacial score (nSPS) is 10.6. The van der Waals surface area contributed by atoms with E-state index >= 15 is 0 Å². The first-order chi connectivity index (χ1) is 11.8. The number of hydrogen-bond acceptors (Lipinski definition) is 5. The van der Waals surface area contributed by atoms with Gasteiger partial charge in [-0.05, 0) is 43.7 Å². The zero-order valence-corrected chi connectivity index (χ0v) is 14.4. The van der Waals surface area contributed by atoms with Crippen LogP contribution in [0.15, 0.2) is 47.6 Å². The Morgan fingerprint density at radius 1 is 0.958 bits per heavy atom. The number of benzene rings is 2. The summed E-state index contributed by atoms with van der Waals surface area (Å²) in [6.07, 6.45) is 1.76. The summed E-state index contributed by atoms with van der Waals surface area (Å²) in [6, 6.07) is 13.6. The van der Waals surface area contributed by atoms with Crippen LogP contribution < -0.4 is 19.6 Å². The van der Waals surface area contributed by atoms with E-state index in [1.54, 1.807) is 13.3 Å². The number of hydrazone groups is 1. The third-order valence-corrected chi connectivity index (χ3v) is 3.33. The van der Waals surface area contributed by atoms with E-state index in [0.29, 0.717) is 19.8 Å². The predicted molar refractivity (Wildman–Crippen MR) is 96.2 cm³/mol. The quantitative estimate of drug-likeness (QED) is 0.564. The van der Waals surface area contributed by atoms with Crippen LogP contribution >= 0.6 is 0 Å². The van der Waals surface area contributed by atoms with Crippen LogP contribution in [0.3, 0.4) is 0 Å². The molecule has 0 aromatic heterocycles. The van der Waals surface area contributed by atoms with Gasteiger partial charge in [0.1, 0.15) is 5.75 Å². The molecular weight excluding hydrogens is 304 g/mol. The van der Waals surface area contributed by atoms with Gasteiger partial charge in [0.15, 0.2) is 11.5 Å². The predicted octanol–water partition coefficient (Wildman–Crippen LogP) is 3.62. The third-order valence-electron chi connectivity index (χ3n) is 3.33. The summed E-state index contributed by atoms with van der Waals surface area (Å²) in [5, 5.41) is 4.26. The number of ether oxygens (including phenoxy) is 3. The highest BCUT2D eigenvalue weighted by molar-refractivity contribution is 5.80. The molecule has 5 heteroatoms. The van der Waals surface area contributed by atoms with Crippen LogP contribution in [-0.2, 0) is 6.54 Å². The van der Waals surface area contributed by atoms with E-state index < -0.39 is 0 Å². The van der Waals surface area contributed by atoms with Gasteiger partial charge in [-0.2, -0.15) is 5.10 Å². The van der Waals surface area contributed by atoms with Crippen LogP contribution in [-0.4, -0.2) is 26.5 Å². The van der Waals surface area contributed by atoms with Gasteiger partial charge in [-0.15, -0.1) is 0 Å². The molecule has 1 N–H and O–H groups in total. The molecule has 0 atom stereocenters. The number of nitrogens with zero attached hydrogens (tertiary/aromatic N) is 1. The molecule has 0 unspecified atom stereocenters. The van der Waals surface area contributed by atoms with Crippen molar-refractivity contribution in [1.82, 2.24) is 5.43 Å². The molecule has 0 saturated carbocycles. The third kappa shape index (κ3) is 4.91. The van der Waals surface area contributed by atoms with Crippen LogP contribution in [0.25, 0.3) is 0 Å². The van der Waals surface area contributed by atoms with Gasteiger partial charge in [-0.3, -0.25) is 0 Å². The van der Waals surface area contributed by atoms with Crippen molar-refractivity contribution in [3.63, 3.8) is 0 Å². The minimum Gasteiger partial charge on any atom is -0.496 e. The van der Waals surface area contributed by atoms with E-state index in [9.17, 15) is 0 Å². The molecule has 0 aliphatic rings. The lowest BCUT2D eigenvalue weighted by Crippen LogP contribution is -2.07. The van der Waals surface area contributed by atoms with Crippen LogP contribution in [0, 0.1) is 0 Å². The maximum Gasteiger partial charge on any atom is 0.161 e. The van der Waals surface area contributed by atoms with Crippen molar-refractivity contribution in [2.45, 2.75) is 20.4 Å². The summed E-state index contributed by atoms with van der Waals surface area (Å²) < 4.78 is 16.5. The molecule has 0 aliphatic carbocycles. The minimum atomic E-state index is 0.590. The smallest absolute Gasteiger partial charge is 0.161 e. The molecule has 128 valence electrons. The second-order valence-electron chi connectivity index (χ2n) is 4.98. The molecule has 0 amide bonds. The molecule has 24 heavy (non-hydrogen) atoms. The molecular formula is C19H24N2O3. The maximum atomic E-state index is 5.61. The number of rotatable bonds is 9. The Kier molecular flexibility index (Phi) is 6.95.